The lowest BCUT2D eigenvalue weighted by molar-refractivity contribution is -0.257. The van der Waals surface area contributed by atoms with Crippen LogP contribution in [-0.4, -0.2) is 48.1 Å². The molecule has 0 unspecified atom stereocenters. The van der Waals surface area contributed by atoms with Gasteiger partial charge in [-0.25, -0.2) is 0 Å². The van der Waals surface area contributed by atoms with Crippen molar-refractivity contribution < 1.29 is 24.2 Å². The van der Waals surface area contributed by atoms with E-state index in [9.17, 15) is 9.90 Å². The van der Waals surface area contributed by atoms with Crippen LogP contribution in [0.2, 0.25) is 0 Å². The first-order valence-electron chi connectivity index (χ1n) is 9.07. The third-order valence-corrected chi connectivity index (χ3v) is 5.29. The second-order valence-electron chi connectivity index (χ2n) is 7.09. The van der Waals surface area contributed by atoms with Crippen LogP contribution in [0, 0.1) is 0 Å². The molecule has 1 N–H and O–H groups in total. The van der Waals surface area contributed by atoms with Crippen LogP contribution < -0.4 is 4.74 Å². The molecule has 27 heavy (non-hydrogen) atoms. The molecule has 6 heteroatoms. The van der Waals surface area contributed by atoms with Crippen LogP contribution in [0.4, 0.5) is 0 Å². The normalized spacial score (nSPS) is 27.9. The quantitative estimate of drug-likeness (QED) is 0.816. The number of hydrogen-bond donors (Lipinski definition) is 1. The van der Waals surface area contributed by atoms with Crippen molar-refractivity contribution in [2.45, 2.75) is 30.5 Å². The molecule has 0 saturated carbocycles. The number of fused-ring (bicyclic) bond motifs is 1. The second-order valence-corrected chi connectivity index (χ2v) is 7.09. The minimum Gasteiger partial charge on any atom is -0.497 e. The molecule has 142 valence electrons. The first-order chi connectivity index (χ1) is 13.1. The lowest BCUT2D eigenvalue weighted by Gasteiger charge is -2.35. The van der Waals surface area contributed by atoms with Gasteiger partial charge < -0.3 is 14.6 Å². The summed E-state index contributed by atoms with van der Waals surface area (Å²) in [4.78, 5) is 18.6. The Labute approximate surface area is 158 Å². The number of esters is 1. The van der Waals surface area contributed by atoms with Gasteiger partial charge in [0, 0.05) is 12.8 Å². The van der Waals surface area contributed by atoms with Crippen LogP contribution in [0.5, 0.6) is 5.75 Å². The highest BCUT2D eigenvalue weighted by Gasteiger charge is 2.53. The second kappa shape index (κ2) is 7.31. The molecule has 0 bridgehead atoms. The Hall–Kier alpha value is -2.41. The number of aliphatic hydroxyl groups excluding tert-OH is 1. The largest absolute Gasteiger partial charge is 0.497 e. The number of cyclic esters (lactones) is 1. The monoisotopic (exact) mass is 369 g/mol. The topological polar surface area (TPSA) is 68.2 Å². The van der Waals surface area contributed by atoms with Gasteiger partial charge in [0.05, 0.1) is 19.8 Å². The highest BCUT2D eigenvalue weighted by atomic mass is 16.7. The lowest BCUT2D eigenvalue weighted by atomic mass is 9.89. The van der Waals surface area contributed by atoms with Gasteiger partial charge in [-0.3, -0.25) is 9.63 Å². The number of benzene rings is 2. The first kappa shape index (κ1) is 18.0. The summed E-state index contributed by atoms with van der Waals surface area (Å²) < 4.78 is 10.6. The molecule has 0 radical (unpaired) electrons. The van der Waals surface area contributed by atoms with Crippen molar-refractivity contribution in [2.24, 2.45) is 0 Å². The Kier molecular flexibility index (Phi) is 4.86. The van der Waals surface area contributed by atoms with E-state index in [0.29, 0.717) is 12.8 Å². The van der Waals surface area contributed by atoms with Crippen molar-refractivity contribution in [1.82, 2.24) is 5.06 Å². The van der Waals surface area contributed by atoms with Crippen molar-refractivity contribution in [3.63, 3.8) is 0 Å². The Morgan fingerprint density at radius 2 is 1.89 bits per heavy atom. The maximum atomic E-state index is 12.4. The summed E-state index contributed by atoms with van der Waals surface area (Å²) in [6.07, 6.45) is 0.882. The molecule has 2 fully saturated rings. The van der Waals surface area contributed by atoms with Gasteiger partial charge in [0.15, 0.2) is 0 Å². The molecule has 2 aromatic carbocycles. The van der Waals surface area contributed by atoms with E-state index in [1.807, 2.05) is 54.6 Å². The van der Waals surface area contributed by atoms with Gasteiger partial charge in [-0.15, -0.1) is 0 Å². The maximum Gasteiger partial charge on any atom is 0.325 e. The average molecular weight is 369 g/mol. The summed E-state index contributed by atoms with van der Waals surface area (Å²) in [7, 11) is 1.62. The third kappa shape index (κ3) is 3.43. The number of carbonyl (C=O) groups excluding carboxylic acids is 1. The summed E-state index contributed by atoms with van der Waals surface area (Å²) in [5.74, 6) is 0.474. The zero-order valence-electron chi connectivity index (χ0n) is 15.2. The van der Waals surface area contributed by atoms with E-state index in [4.69, 9.17) is 14.3 Å². The van der Waals surface area contributed by atoms with Gasteiger partial charge in [-0.05, 0) is 23.3 Å². The number of hydrogen-bond acceptors (Lipinski definition) is 6. The highest BCUT2D eigenvalue weighted by molar-refractivity contribution is 5.77. The molecule has 4 rings (SSSR count). The Morgan fingerprint density at radius 3 is 2.56 bits per heavy atom. The van der Waals surface area contributed by atoms with Gasteiger partial charge in [0.1, 0.15) is 24.0 Å². The molecule has 2 aromatic rings. The standard InChI is InChI=1S/C21H23NO5/c1-25-17-9-7-15(8-10-17)11-21(14-23)12-18-20(24)26-13-19(22(18)27-21)16-5-3-2-4-6-16/h2-10,18-19,23H,11-14H2,1H3/t18-,19+,21-/m0/s1. The SMILES string of the molecule is COc1ccc(C[C@@]2(CO)C[C@H]3C(=O)OC[C@H](c4ccccc4)N3O2)cc1. The van der Waals surface area contributed by atoms with E-state index in [-0.39, 0.29) is 25.2 Å². The van der Waals surface area contributed by atoms with Gasteiger partial charge in [-0.1, -0.05) is 42.5 Å². The number of morpholine rings is 1. The molecule has 0 aromatic heterocycles. The number of nitrogens with zero attached hydrogens (tertiary/aromatic N) is 1. The number of carbonyl (C=O) groups is 1. The Balaban J connectivity index is 1.59. The van der Waals surface area contributed by atoms with Crippen molar-refractivity contribution in [2.75, 3.05) is 20.3 Å². The third-order valence-electron chi connectivity index (χ3n) is 5.29. The highest BCUT2D eigenvalue weighted by Crippen LogP contribution is 2.42. The van der Waals surface area contributed by atoms with Crippen LogP contribution in [0.1, 0.15) is 23.6 Å². The molecule has 2 aliphatic heterocycles. The smallest absolute Gasteiger partial charge is 0.325 e. The number of aliphatic hydroxyl groups is 1. The van der Waals surface area contributed by atoms with E-state index >= 15 is 0 Å². The predicted octanol–water partition coefficient (Wildman–Crippen LogP) is 2.27. The minimum atomic E-state index is -0.852. The van der Waals surface area contributed by atoms with Crippen molar-refractivity contribution >= 4 is 5.97 Å². The molecule has 2 saturated heterocycles. The van der Waals surface area contributed by atoms with E-state index in [1.165, 1.54) is 0 Å². The molecule has 0 amide bonds. The molecular formula is C21H23NO5. The molecule has 2 aliphatic rings. The van der Waals surface area contributed by atoms with E-state index in [1.54, 1.807) is 12.2 Å². The summed E-state index contributed by atoms with van der Waals surface area (Å²) in [6, 6.07) is 16.8. The maximum absolute atomic E-state index is 12.4. The van der Waals surface area contributed by atoms with Crippen LogP contribution in [0.25, 0.3) is 0 Å². The van der Waals surface area contributed by atoms with Crippen LogP contribution >= 0.6 is 0 Å². The fraction of sp³-hybridized carbons (Fsp3) is 0.381. The average Bonchev–Trinajstić information content (AvgIpc) is 3.10. The first-order valence-corrected chi connectivity index (χ1v) is 9.07. The van der Waals surface area contributed by atoms with Gasteiger partial charge in [-0.2, -0.15) is 5.06 Å². The van der Waals surface area contributed by atoms with Gasteiger partial charge in [0.2, 0.25) is 0 Å². The fourth-order valence-electron chi connectivity index (χ4n) is 3.85. The molecule has 3 atom stereocenters. The van der Waals surface area contributed by atoms with Crippen molar-refractivity contribution in [3.8, 4) is 5.75 Å². The Bertz CT molecular complexity index is 794. The lowest BCUT2D eigenvalue weighted by Crippen LogP contribution is -2.46. The summed E-state index contributed by atoms with van der Waals surface area (Å²) in [5, 5.41) is 11.9. The van der Waals surface area contributed by atoms with E-state index in [0.717, 1.165) is 16.9 Å². The summed E-state index contributed by atoms with van der Waals surface area (Å²) in [6.45, 7) is 0.0597. The van der Waals surface area contributed by atoms with Crippen LogP contribution in [-0.2, 0) is 20.8 Å². The molecule has 6 nitrogen and oxygen atoms in total. The van der Waals surface area contributed by atoms with Crippen molar-refractivity contribution in [1.29, 1.82) is 0 Å². The fourth-order valence-corrected chi connectivity index (χ4v) is 3.85. The van der Waals surface area contributed by atoms with E-state index < -0.39 is 11.6 Å². The van der Waals surface area contributed by atoms with Crippen LogP contribution in [0.15, 0.2) is 54.6 Å². The van der Waals surface area contributed by atoms with Gasteiger partial charge >= 0.3 is 5.97 Å². The molecule has 2 heterocycles. The summed E-state index contributed by atoms with van der Waals surface area (Å²) >= 11 is 0. The predicted molar refractivity (Wildman–Crippen MR) is 98.0 cm³/mol. The molecule has 0 aliphatic carbocycles. The van der Waals surface area contributed by atoms with E-state index in [2.05, 4.69) is 0 Å². The van der Waals surface area contributed by atoms with Crippen molar-refractivity contribution in [3.05, 3.63) is 65.7 Å². The number of rotatable bonds is 5. The zero-order valence-corrected chi connectivity index (χ0v) is 15.2. The zero-order chi connectivity index (χ0) is 18.9. The Morgan fingerprint density at radius 1 is 1.15 bits per heavy atom. The molecular weight excluding hydrogens is 346 g/mol. The van der Waals surface area contributed by atoms with Crippen LogP contribution in [0.3, 0.4) is 0 Å². The molecule has 0 spiro atoms. The summed E-state index contributed by atoms with van der Waals surface area (Å²) in [5.41, 5.74) is 1.18. The number of methoxy groups -OCH3 is 1. The number of hydroxylamine groups is 2. The van der Waals surface area contributed by atoms with Gasteiger partial charge in [0.25, 0.3) is 0 Å². The number of ether oxygens (including phenoxy) is 2. The minimum absolute atomic E-state index is 0.180.